The molecule has 0 saturated heterocycles. The van der Waals surface area contributed by atoms with Gasteiger partial charge in [-0.25, -0.2) is 0 Å². The minimum atomic E-state index is -1.45. The van der Waals surface area contributed by atoms with Crippen LogP contribution in [0.25, 0.3) is 16.6 Å². The molecule has 0 atom stereocenters. The van der Waals surface area contributed by atoms with Crippen LogP contribution in [-0.2, 0) is 11.2 Å². The summed E-state index contributed by atoms with van der Waals surface area (Å²) in [6, 6.07) is 17.2. The first-order chi connectivity index (χ1) is 17.3. The van der Waals surface area contributed by atoms with Crippen molar-refractivity contribution in [3.8, 4) is 11.5 Å². The second-order valence-electron chi connectivity index (χ2n) is 8.25. The monoisotopic (exact) mass is 525 g/mol. The first-order valence-corrected chi connectivity index (χ1v) is 11.8. The van der Waals surface area contributed by atoms with Gasteiger partial charge in [0, 0.05) is 42.9 Å². The summed E-state index contributed by atoms with van der Waals surface area (Å²) in [5.41, 5.74) is 3.44. The maximum atomic E-state index is 13.8. The van der Waals surface area contributed by atoms with Gasteiger partial charge in [0.1, 0.15) is 11.0 Å². The first kappa shape index (κ1) is 28.3. The van der Waals surface area contributed by atoms with E-state index in [1.165, 1.54) is 20.3 Å². The van der Waals surface area contributed by atoms with Crippen molar-refractivity contribution in [3.63, 3.8) is 0 Å². The van der Waals surface area contributed by atoms with Gasteiger partial charge in [0.25, 0.3) is 0 Å². The smallest absolute Gasteiger partial charge is 0.545 e. The van der Waals surface area contributed by atoms with E-state index < -0.39 is 11.8 Å². The molecule has 0 fully saturated rings. The average Bonchev–Trinajstić information content (AvgIpc) is 3.35. The van der Waals surface area contributed by atoms with Gasteiger partial charge in [0.15, 0.2) is 17.3 Å². The van der Waals surface area contributed by atoms with Crippen LogP contribution in [-0.4, -0.2) is 48.8 Å². The Morgan fingerprint density at radius 1 is 0.865 bits per heavy atom. The Morgan fingerprint density at radius 2 is 1.51 bits per heavy atom. The van der Waals surface area contributed by atoms with Crippen molar-refractivity contribution >= 4 is 45.8 Å². The van der Waals surface area contributed by atoms with E-state index in [0.29, 0.717) is 28.1 Å². The van der Waals surface area contributed by atoms with Crippen LogP contribution in [0.15, 0.2) is 66.2 Å². The number of Topliss-reactive ketones (excluding diaryl/α,β-unsaturated/α-hetero) is 1. The largest absolute Gasteiger partial charge is 1.00 e. The minimum Gasteiger partial charge on any atom is -0.545 e. The van der Waals surface area contributed by atoms with E-state index in [2.05, 4.69) is 8.75 Å². The topological polar surface area (TPSA) is 105 Å². The van der Waals surface area contributed by atoms with E-state index in [1.54, 1.807) is 30.3 Å². The molecule has 37 heavy (non-hydrogen) atoms. The number of anilines is 1. The van der Waals surface area contributed by atoms with Crippen molar-refractivity contribution in [3.05, 3.63) is 82.9 Å². The number of hydrogen-bond donors (Lipinski definition) is 0. The molecule has 184 valence electrons. The number of aliphatic carboxylic acids is 1. The van der Waals surface area contributed by atoms with Crippen LogP contribution >= 0.6 is 11.7 Å². The van der Waals surface area contributed by atoms with E-state index >= 15 is 0 Å². The van der Waals surface area contributed by atoms with Crippen molar-refractivity contribution in [1.29, 1.82) is 0 Å². The van der Waals surface area contributed by atoms with Crippen molar-refractivity contribution in [2.45, 2.75) is 6.42 Å². The Bertz CT molecular complexity index is 1460. The predicted octanol–water partition coefficient (Wildman–Crippen LogP) is 0.408. The Balaban J connectivity index is 0.00000380. The van der Waals surface area contributed by atoms with Crippen LogP contribution in [0, 0.1) is 0 Å². The second kappa shape index (κ2) is 12.3. The van der Waals surface area contributed by atoms with Gasteiger partial charge in [-0.15, -0.1) is 0 Å². The number of carboxylic acid groups (broad SMARTS) is 1. The summed E-state index contributed by atoms with van der Waals surface area (Å²) in [6.45, 7) is 0. The average molecular weight is 526 g/mol. The molecule has 0 spiro atoms. The van der Waals surface area contributed by atoms with E-state index in [-0.39, 0.29) is 52.7 Å². The number of allylic oxidation sites excluding steroid dienone is 1. The molecule has 0 amide bonds. The molecule has 8 nitrogen and oxygen atoms in total. The SMILES string of the molecule is COc1ccc(C(=O)/C(Cc2ccc(N(C)C)cc2)=C(/C(=O)[O-])c2ccc3nsnc3c2)cc1OC.[Na+]. The summed E-state index contributed by atoms with van der Waals surface area (Å²) < 4.78 is 19.0. The number of ether oxygens (including phenoxy) is 2. The van der Waals surface area contributed by atoms with Crippen molar-refractivity contribution in [1.82, 2.24) is 8.75 Å². The van der Waals surface area contributed by atoms with E-state index in [4.69, 9.17) is 9.47 Å². The quantitative estimate of drug-likeness (QED) is 0.176. The standard InChI is InChI=1S/C27H25N3O5S.Na/c1-30(2)19-9-5-16(6-10-19)13-20(26(31)18-8-12-23(34-3)24(15-18)35-4)25(27(32)33)17-7-11-21-22(14-17)29-36-28-21;/h5-12,14-15H,13H2,1-4H3,(H,32,33);/q;+1/p-1/b25-20+;. The fourth-order valence-electron chi connectivity index (χ4n) is 3.90. The molecule has 10 heteroatoms. The maximum absolute atomic E-state index is 13.8. The van der Waals surface area contributed by atoms with Gasteiger partial charge in [0.2, 0.25) is 0 Å². The molecule has 0 aliphatic rings. The zero-order valence-electron chi connectivity index (χ0n) is 21.3. The van der Waals surface area contributed by atoms with E-state index in [1.807, 2.05) is 43.3 Å². The molecule has 0 radical (unpaired) electrons. The number of carbonyl (C=O) groups is 2. The molecule has 3 aromatic carbocycles. The van der Waals surface area contributed by atoms with Crippen LogP contribution in [0.4, 0.5) is 5.69 Å². The number of carbonyl (C=O) groups excluding carboxylic acids is 2. The van der Waals surface area contributed by atoms with Crippen LogP contribution in [0.2, 0.25) is 0 Å². The third kappa shape index (κ3) is 6.19. The maximum Gasteiger partial charge on any atom is 1.00 e. The van der Waals surface area contributed by atoms with Gasteiger partial charge in [-0.1, -0.05) is 18.2 Å². The van der Waals surface area contributed by atoms with E-state index in [9.17, 15) is 14.7 Å². The third-order valence-electron chi connectivity index (χ3n) is 5.80. The number of nitrogens with zero attached hydrogens (tertiary/aromatic N) is 3. The summed E-state index contributed by atoms with van der Waals surface area (Å²) in [5.74, 6) is -1.09. The van der Waals surface area contributed by atoms with Crippen molar-refractivity contribution in [2.75, 3.05) is 33.2 Å². The van der Waals surface area contributed by atoms with Crippen LogP contribution in [0.5, 0.6) is 11.5 Å². The van der Waals surface area contributed by atoms with Crippen molar-refractivity contribution in [2.24, 2.45) is 0 Å². The number of fused-ring (bicyclic) bond motifs is 1. The fraction of sp³-hybridized carbons (Fsp3) is 0.185. The number of benzene rings is 3. The second-order valence-corrected chi connectivity index (χ2v) is 8.77. The molecule has 4 rings (SSSR count). The third-order valence-corrected chi connectivity index (χ3v) is 6.36. The van der Waals surface area contributed by atoms with Gasteiger partial charge in [-0.2, -0.15) is 8.75 Å². The van der Waals surface area contributed by atoms with Crippen LogP contribution in [0.3, 0.4) is 0 Å². The van der Waals surface area contributed by atoms with Gasteiger partial charge < -0.3 is 24.3 Å². The zero-order valence-corrected chi connectivity index (χ0v) is 24.1. The van der Waals surface area contributed by atoms with E-state index in [0.717, 1.165) is 23.0 Å². The van der Waals surface area contributed by atoms with Gasteiger partial charge >= 0.3 is 29.6 Å². The number of hydrogen-bond acceptors (Lipinski definition) is 9. The Morgan fingerprint density at radius 3 is 2.14 bits per heavy atom. The predicted molar refractivity (Wildman–Crippen MR) is 138 cm³/mol. The molecule has 0 saturated carbocycles. The molecule has 1 aromatic heterocycles. The van der Waals surface area contributed by atoms with Gasteiger partial charge in [-0.3, -0.25) is 4.79 Å². The Hall–Kier alpha value is -3.24. The molecular formula is C27H24N3NaO5S. The normalized spacial score (nSPS) is 11.4. The molecule has 0 aliphatic heterocycles. The summed E-state index contributed by atoms with van der Waals surface area (Å²) in [6.07, 6.45) is 0.0809. The number of aromatic nitrogens is 2. The summed E-state index contributed by atoms with van der Waals surface area (Å²) >= 11 is 1.03. The summed E-state index contributed by atoms with van der Waals surface area (Å²) in [7, 11) is 6.83. The molecule has 4 aromatic rings. The van der Waals surface area contributed by atoms with Gasteiger partial charge in [-0.05, 0) is 53.6 Å². The number of methoxy groups -OCH3 is 2. The molecule has 1 heterocycles. The Kier molecular flexibility index (Phi) is 9.45. The number of carboxylic acids is 1. The fourth-order valence-corrected chi connectivity index (χ4v) is 4.42. The first-order valence-electron chi connectivity index (χ1n) is 11.0. The number of ketones is 1. The molecular weight excluding hydrogens is 501 g/mol. The molecule has 0 aliphatic carbocycles. The van der Waals surface area contributed by atoms with Crippen molar-refractivity contribution < 1.29 is 53.7 Å². The molecule has 0 bridgehead atoms. The van der Waals surface area contributed by atoms with Gasteiger partial charge in [0.05, 0.1) is 31.9 Å². The van der Waals surface area contributed by atoms with Crippen LogP contribution in [0.1, 0.15) is 21.5 Å². The zero-order chi connectivity index (χ0) is 25.8. The molecule has 0 unspecified atom stereocenters. The Labute approximate surface area is 241 Å². The summed E-state index contributed by atoms with van der Waals surface area (Å²) in [5, 5.41) is 12.5. The van der Waals surface area contributed by atoms with Crippen LogP contribution < -0.4 is 49.0 Å². The summed E-state index contributed by atoms with van der Waals surface area (Å²) in [4.78, 5) is 28.3. The minimum absolute atomic E-state index is 0. The molecule has 0 N–H and O–H groups in total. The number of rotatable bonds is 9.